The maximum absolute atomic E-state index is 14.1. The number of amides is 1. The smallest absolute Gasteiger partial charge is 0.255 e. The van der Waals surface area contributed by atoms with Crippen LogP contribution in [0.5, 0.6) is 5.75 Å². The summed E-state index contributed by atoms with van der Waals surface area (Å²) in [4.78, 5) is 42.9. The Bertz CT molecular complexity index is 1340. The number of aromatic hydroxyl groups is 1. The second kappa shape index (κ2) is 11.1. The van der Waals surface area contributed by atoms with Gasteiger partial charge in [-0.15, -0.1) is 0 Å². The van der Waals surface area contributed by atoms with E-state index in [1.807, 2.05) is 25.1 Å². The van der Waals surface area contributed by atoms with Gasteiger partial charge in [-0.2, -0.15) is 0 Å². The minimum Gasteiger partial charge on any atom is -0.508 e. The summed E-state index contributed by atoms with van der Waals surface area (Å²) < 4.78 is 0. The fraction of sp³-hybridized carbons (Fsp3) is 0.581. The zero-order valence-corrected chi connectivity index (χ0v) is 24.8. The predicted molar refractivity (Wildman–Crippen MR) is 156 cm³/mol. The lowest BCUT2D eigenvalue weighted by Gasteiger charge is -2.50. The van der Waals surface area contributed by atoms with Crippen LogP contribution in [0.2, 0.25) is 0 Å². The van der Waals surface area contributed by atoms with Gasteiger partial charge in [-0.05, 0) is 68.8 Å². The van der Waals surface area contributed by atoms with Crippen LogP contribution in [0, 0.1) is 17.8 Å². The summed E-state index contributed by atoms with van der Waals surface area (Å²) in [5.74, 6) is -5.76. The lowest BCUT2D eigenvalue weighted by molar-refractivity contribution is -0.153. The predicted octanol–water partition coefficient (Wildman–Crippen LogP) is 2.79. The molecule has 0 radical (unpaired) electrons. The van der Waals surface area contributed by atoms with Gasteiger partial charge in [0.1, 0.15) is 22.8 Å². The molecule has 4 rings (SSSR count). The number of rotatable bonds is 9. The molecule has 0 aliphatic heterocycles. The molecular weight excluding hydrogens is 526 g/mol. The van der Waals surface area contributed by atoms with Crippen LogP contribution in [-0.4, -0.2) is 82.6 Å². The lowest BCUT2D eigenvalue weighted by atomic mass is 9.57. The number of aliphatic hydroxyl groups excluding tert-OH is 2. The van der Waals surface area contributed by atoms with E-state index in [2.05, 4.69) is 13.8 Å². The Kier molecular flexibility index (Phi) is 8.30. The van der Waals surface area contributed by atoms with E-state index >= 15 is 0 Å². The molecule has 1 saturated carbocycles. The summed E-state index contributed by atoms with van der Waals surface area (Å²) in [6.45, 7) is 4.33. The zero-order valence-electron chi connectivity index (χ0n) is 24.8. The van der Waals surface area contributed by atoms with Crippen molar-refractivity contribution < 1.29 is 34.8 Å². The van der Waals surface area contributed by atoms with E-state index in [0.717, 1.165) is 31.4 Å². The number of phenolic OH excluding ortho intramolecular Hbond substituents is 1. The Morgan fingerprint density at radius 1 is 1.12 bits per heavy atom. The molecule has 0 spiro atoms. The molecule has 10 nitrogen and oxygen atoms in total. The maximum atomic E-state index is 14.1. The van der Waals surface area contributed by atoms with Gasteiger partial charge in [0.05, 0.1) is 11.6 Å². The lowest BCUT2D eigenvalue weighted by Crippen LogP contribution is -2.65. The number of fused-ring (bicyclic) bond motifs is 3. The molecular formula is C31H43N3O7. The Balaban J connectivity index is 1.88. The minimum absolute atomic E-state index is 0.0660. The van der Waals surface area contributed by atoms with Crippen LogP contribution in [0.3, 0.4) is 0 Å². The first kappa shape index (κ1) is 30.6. The maximum Gasteiger partial charge on any atom is 0.255 e. The van der Waals surface area contributed by atoms with E-state index in [1.54, 1.807) is 14.1 Å². The van der Waals surface area contributed by atoms with Crippen molar-refractivity contribution in [2.45, 2.75) is 70.4 Å². The van der Waals surface area contributed by atoms with Gasteiger partial charge in [0, 0.05) is 31.3 Å². The molecule has 6 N–H and O–H groups in total. The number of ketones is 2. The topological polar surface area (TPSA) is 165 Å². The summed E-state index contributed by atoms with van der Waals surface area (Å²) in [6, 6.07) is 0.826. The number of hydrogen-bond donors (Lipinski definition) is 5. The van der Waals surface area contributed by atoms with Gasteiger partial charge in [0.25, 0.3) is 5.91 Å². The van der Waals surface area contributed by atoms with Crippen LogP contribution in [0.4, 0.5) is 5.69 Å². The van der Waals surface area contributed by atoms with Crippen molar-refractivity contribution >= 4 is 28.9 Å². The third-order valence-corrected chi connectivity index (χ3v) is 9.47. The van der Waals surface area contributed by atoms with Crippen molar-refractivity contribution in [1.29, 1.82) is 0 Å². The van der Waals surface area contributed by atoms with Crippen molar-refractivity contribution in [3.8, 4) is 5.75 Å². The second-order valence-electron chi connectivity index (χ2n) is 12.2. The molecule has 1 amide bonds. The number of benzene rings is 1. The second-order valence-corrected chi connectivity index (χ2v) is 12.2. The summed E-state index contributed by atoms with van der Waals surface area (Å²) in [7, 11) is 6.91. The van der Waals surface area contributed by atoms with E-state index in [4.69, 9.17) is 5.73 Å². The molecule has 3 aliphatic carbocycles. The number of hydrogen-bond acceptors (Lipinski definition) is 9. The zero-order chi connectivity index (χ0) is 30.5. The van der Waals surface area contributed by atoms with Crippen molar-refractivity contribution in [2.24, 2.45) is 23.5 Å². The van der Waals surface area contributed by atoms with E-state index in [-0.39, 0.29) is 29.7 Å². The fourth-order valence-corrected chi connectivity index (χ4v) is 7.21. The quantitative estimate of drug-likeness (QED) is 0.281. The number of aryl methyl sites for hydroxylation is 1. The van der Waals surface area contributed by atoms with E-state index in [1.165, 1.54) is 4.90 Å². The Morgan fingerprint density at radius 2 is 1.76 bits per heavy atom. The third kappa shape index (κ3) is 4.70. The monoisotopic (exact) mass is 569 g/mol. The van der Waals surface area contributed by atoms with Crippen LogP contribution < -0.4 is 10.6 Å². The number of anilines is 1. The minimum atomic E-state index is -2.64. The Hall–Kier alpha value is -3.37. The average molecular weight is 570 g/mol. The van der Waals surface area contributed by atoms with Crippen molar-refractivity contribution in [1.82, 2.24) is 4.90 Å². The highest BCUT2D eigenvalue weighted by Crippen LogP contribution is 2.54. The molecule has 0 aromatic heterocycles. The number of nitrogens with zero attached hydrogens (tertiary/aromatic N) is 2. The number of primary amides is 1. The number of nitrogens with two attached hydrogens (primary N) is 1. The van der Waals surface area contributed by atoms with Crippen LogP contribution >= 0.6 is 0 Å². The molecule has 0 heterocycles. The number of carbonyl (C=O) groups is 3. The van der Waals surface area contributed by atoms with Gasteiger partial charge in [0.15, 0.2) is 11.4 Å². The molecule has 224 valence electrons. The first-order valence-corrected chi connectivity index (χ1v) is 14.4. The van der Waals surface area contributed by atoms with Crippen molar-refractivity contribution in [3.63, 3.8) is 0 Å². The SMILES string of the molecule is CCC(CC)CCCc1cc(N(C)C)c2c(c1O)C(O)=C1C(=O)[C@]3(O)C(O)=C(C(N)=O)C(=O)[C@H](N(C)C)[C@@H]3C[C@@H]1C2. The fourth-order valence-electron chi connectivity index (χ4n) is 7.21. The van der Waals surface area contributed by atoms with Crippen LogP contribution in [0.15, 0.2) is 23.0 Å². The molecule has 1 fully saturated rings. The number of carbonyl (C=O) groups excluding carboxylic acids is 3. The summed E-state index contributed by atoms with van der Waals surface area (Å²) >= 11 is 0. The van der Waals surface area contributed by atoms with Crippen LogP contribution in [0.25, 0.3) is 5.76 Å². The van der Waals surface area contributed by atoms with E-state index in [0.29, 0.717) is 23.5 Å². The highest BCUT2D eigenvalue weighted by atomic mass is 16.3. The van der Waals surface area contributed by atoms with Crippen molar-refractivity contribution in [3.05, 3.63) is 39.7 Å². The van der Waals surface area contributed by atoms with Gasteiger partial charge in [-0.3, -0.25) is 19.3 Å². The standard InChI is InChI=1S/C31H43N3O7/c1-7-15(8-2)10-9-11-16-14-20(33(3)4)18-12-17-13-19-24(34(5)6)27(37)23(30(32)40)29(39)31(19,41)28(38)21(17)26(36)22(18)25(16)35/h14-15,17,19,24,35-36,39,41H,7-13H2,1-6H3,(H2,32,40)/t17-,19-,24+,31-/m0/s1. The van der Waals surface area contributed by atoms with E-state index < -0.39 is 58.0 Å². The van der Waals surface area contributed by atoms with Crippen LogP contribution in [-0.2, 0) is 27.2 Å². The van der Waals surface area contributed by atoms with Gasteiger partial charge in [-0.25, -0.2) is 0 Å². The third-order valence-electron chi connectivity index (χ3n) is 9.47. The summed E-state index contributed by atoms with van der Waals surface area (Å²) in [5, 5.41) is 45.9. The summed E-state index contributed by atoms with van der Waals surface area (Å²) in [6.07, 6.45) is 4.92. The highest BCUT2D eigenvalue weighted by Gasteiger charge is 2.64. The molecule has 0 unspecified atom stereocenters. The molecule has 0 bridgehead atoms. The molecule has 1 aromatic rings. The van der Waals surface area contributed by atoms with Gasteiger partial charge in [0.2, 0.25) is 5.78 Å². The molecule has 4 atom stereocenters. The molecule has 1 aromatic carbocycles. The summed E-state index contributed by atoms with van der Waals surface area (Å²) in [5.41, 5.74) is 4.08. The number of Topliss-reactive ketones (excluding diaryl/α,β-unsaturated/α-hetero) is 2. The van der Waals surface area contributed by atoms with Crippen molar-refractivity contribution in [2.75, 3.05) is 33.1 Å². The van der Waals surface area contributed by atoms with Gasteiger partial charge < -0.3 is 31.1 Å². The number of aliphatic hydroxyl groups is 3. The van der Waals surface area contributed by atoms with Crippen LogP contribution in [0.1, 0.15) is 62.6 Å². The normalized spacial score (nSPS) is 25.9. The first-order valence-electron chi connectivity index (χ1n) is 14.4. The first-order chi connectivity index (χ1) is 19.2. The largest absolute Gasteiger partial charge is 0.508 e. The Morgan fingerprint density at radius 3 is 2.29 bits per heavy atom. The van der Waals surface area contributed by atoms with Gasteiger partial charge in [-0.1, -0.05) is 33.1 Å². The average Bonchev–Trinajstić information content (AvgIpc) is 2.89. The Labute approximate surface area is 241 Å². The van der Waals surface area contributed by atoms with E-state index in [9.17, 15) is 34.8 Å². The number of phenols is 1. The molecule has 10 heteroatoms. The highest BCUT2D eigenvalue weighted by molar-refractivity contribution is 6.24. The van der Waals surface area contributed by atoms with Gasteiger partial charge >= 0.3 is 0 Å². The molecule has 0 saturated heterocycles. The molecule has 41 heavy (non-hydrogen) atoms. The number of likely N-dealkylation sites (N-methyl/N-ethyl adjacent to an activating group) is 1. The molecule has 3 aliphatic rings.